The first kappa shape index (κ1) is 18.7. The third kappa shape index (κ3) is 4.45. The summed E-state index contributed by atoms with van der Waals surface area (Å²) >= 11 is 0. The zero-order valence-electron chi connectivity index (χ0n) is 16.0. The van der Waals surface area contributed by atoms with E-state index >= 15 is 0 Å². The largest absolute Gasteiger partial charge is 0.493 e. The molecule has 4 rings (SSSR count). The summed E-state index contributed by atoms with van der Waals surface area (Å²) in [6.45, 7) is 0.471. The molecule has 7 heteroatoms. The zero-order chi connectivity index (χ0) is 20.2. The van der Waals surface area contributed by atoms with Gasteiger partial charge in [-0.05, 0) is 43.2 Å². The van der Waals surface area contributed by atoms with Crippen molar-refractivity contribution in [1.29, 1.82) is 0 Å². The average Bonchev–Trinajstić information content (AvgIpc) is 3.57. The predicted molar refractivity (Wildman–Crippen MR) is 108 cm³/mol. The summed E-state index contributed by atoms with van der Waals surface area (Å²) in [5.74, 6) is 0.376. The molecular formula is C22H21N3O4. The molecule has 1 aliphatic carbocycles. The minimum Gasteiger partial charge on any atom is -0.493 e. The Morgan fingerprint density at radius 1 is 1.10 bits per heavy atom. The molecule has 0 unspecified atom stereocenters. The van der Waals surface area contributed by atoms with Gasteiger partial charge >= 0.3 is 5.97 Å². The number of aromatic nitrogens is 2. The van der Waals surface area contributed by atoms with Crippen LogP contribution < -0.4 is 14.4 Å². The third-order valence-corrected chi connectivity index (χ3v) is 4.64. The number of hydrogen-bond acceptors (Lipinski definition) is 6. The van der Waals surface area contributed by atoms with E-state index in [2.05, 4.69) is 9.97 Å². The molecule has 0 atom stereocenters. The Labute approximate surface area is 168 Å². The Kier molecular flexibility index (Phi) is 5.29. The summed E-state index contributed by atoms with van der Waals surface area (Å²) in [6.07, 6.45) is 7.27. The van der Waals surface area contributed by atoms with Crippen LogP contribution in [0.3, 0.4) is 0 Å². The molecule has 0 aliphatic heterocycles. The van der Waals surface area contributed by atoms with Crippen molar-refractivity contribution < 1.29 is 19.4 Å². The molecule has 2 aromatic carbocycles. The van der Waals surface area contributed by atoms with Gasteiger partial charge in [-0.2, -0.15) is 0 Å². The summed E-state index contributed by atoms with van der Waals surface area (Å²) in [6, 6.07) is 12.6. The van der Waals surface area contributed by atoms with Crippen LogP contribution >= 0.6 is 0 Å². The molecule has 1 saturated carbocycles. The van der Waals surface area contributed by atoms with Crippen LogP contribution in [-0.2, 0) is 6.54 Å². The maximum atomic E-state index is 11.5. The Morgan fingerprint density at radius 3 is 2.55 bits per heavy atom. The highest BCUT2D eigenvalue weighted by Gasteiger charge is 2.25. The number of carbonyl (C=O) groups is 1. The lowest BCUT2D eigenvalue weighted by Crippen LogP contribution is -2.17. The first-order valence-corrected chi connectivity index (χ1v) is 9.33. The van der Waals surface area contributed by atoms with Gasteiger partial charge in [0, 0.05) is 35.4 Å². The van der Waals surface area contributed by atoms with E-state index in [1.165, 1.54) is 6.33 Å². The van der Waals surface area contributed by atoms with Gasteiger partial charge in [-0.15, -0.1) is 0 Å². The van der Waals surface area contributed by atoms with Gasteiger partial charge in [0.2, 0.25) is 0 Å². The van der Waals surface area contributed by atoms with E-state index in [0.717, 1.165) is 29.8 Å². The molecule has 0 radical (unpaired) electrons. The van der Waals surface area contributed by atoms with Crippen molar-refractivity contribution in [2.45, 2.75) is 25.5 Å². The number of anilines is 2. The normalized spacial score (nSPS) is 13.0. The second kappa shape index (κ2) is 8.18. The molecule has 29 heavy (non-hydrogen) atoms. The highest BCUT2D eigenvalue weighted by molar-refractivity contribution is 5.89. The Hall–Kier alpha value is -3.61. The van der Waals surface area contributed by atoms with Crippen molar-refractivity contribution >= 4 is 17.3 Å². The van der Waals surface area contributed by atoms with Crippen LogP contribution in [0.4, 0.5) is 11.4 Å². The summed E-state index contributed by atoms with van der Waals surface area (Å²) < 4.78 is 11.5. The minimum atomic E-state index is -0.970. The maximum absolute atomic E-state index is 11.5. The summed E-state index contributed by atoms with van der Waals surface area (Å²) in [4.78, 5) is 21.6. The van der Waals surface area contributed by atoms with Gasteiger partial charge in [-0.25, -0.2) is 14.8 Å². The van der Waals surface area contributed by atoms with Crippen LogP contribution in [0.15, 0.2) is 61.2 Å². The Morgan fingerprint density at radius 2 is 1.86 bits per heavy atom. The summed E-state index contributed by atoms with van der Waals surface area (Å²) in [7, 11) is 1.62. The SMILES string of the molecule is COc1ccc(N(Cc2cncnc2)c2cccc(C(=O)O)c2)cc1OC1CC1. The van der Waals surface area contributed by atoms with E-state index in [1.54, 1.807) is 37.7 Å². The fourth-order valence-corrected chi connectivity index (χ4v) is 3.02. The molecule has 0 saturated heterocycles. The highest BCUT2D eigenvalue weighted by Crippen LogP contribution is 2.38. The van der Waals surface area contributed by atoms with Crippen molar-refractivity contribution in [2.24, 2.45) is 0 Å². The standard InChI is InChI=1S/C22H21N3O4/c1-28-20-8-5-18(10-21(20)29-19-6-7-19)25(13-15-11-23-14-24-12-15)17-4-2-3-16(9-17)22(26)27/h2-5,8-12,14,19H,6-7,13H2,1H3,(H,26,27). The molecule has 0 spiro atoms. The smallest absolute Gasteiger partial charge is 0.335 e. The Balaban J connectivity index is 1.75. The van der Waals surface area contributed by atoms with Crippen LogP contribution in [0.25, 0.3) is 0 Å². The zero-order valence-corrected chi connectivity index (χ0v) is 16.0. The fraction of sp³-hybridized carbons (Fsp3) is 0.227. The first-order valence-electron chi connectivity index (χ1n) is 9.33. The van der Waals surface area contributed by atoms with Crippen LogP contribution in [-0.4, -0.2) is 34.3 Å². The number of methoxy groups -OCH3 is 1. The van der Waals surface area contributed by atoms with E-state index in [4.69, 9.17) is 9.47 Å². The number of rotatable bonds is 8. The second-order valence-electron chi connectivity index (χ2n) is 6.84. The molecule has 0 bridgehead atoms. The number of aromatic carboxylic acids is 1. The molecule has 0 amide bonds. The topological polar surface area (TPSA) is 84.8 Å². The van der Waals surface area contributed by atoms with Crippen molar-refractivity contribution in [3.8, 4) is 11.5 Å². The number of carboxylic acids is 1. The van der Waals surface area contributed by atoms with Crippen molar-refractivity contribution in [1.82, 2.24) is 9.97 Å². The molecular weight excluding hydrogens is 370 g/mol. The van der Waals surface area contributed by atoms with Crippen LogP contribution in [0.1, 0.15) is 28.8 Å². The molecule has 3 aromatic rings. The van der Waals surface area contributed by atoms with E-state index in [9.17, 15) is 9.90 Å². The van der Waals surface area contributed by atoms with Crippen LogP contribution in [0.2, 0.25) is 0 Å². The van der Waals surface area contributed by atoms with Gasteiger partial charge < -0.3 is 19.5 Å². The highest BCUT2D eigenvalue weighted by atomic mass is 16.5. The second-order valence-corrected chi connectivity index (χ2v) is 6.84. The lowest BCUT2D eigenvalue weighted by atomic mass is 10.1. The van der Waals surface area contributed by atoms with E-state index in [0.29, 0.717) is 18.0 Å². The average molecular weight is 391 g/mol. The molecule has 1 aromatic heterocycles. The fourth-order valence-electron chi connectivity index (χ4n) is 3.02. The number of carboxylic acid groups (broad SMARTS) is 1. The number of benzene rings is 2. The molecule has 148 valence electrons. The third-order valence-electron chi connectivity index (χ3n) is 4.64. The number of nitrogens with zero attached hydrogens (tertiary/aromatic N) is 3. The van der Waals surface area contributed by atoms with Gasteiger partial charge in [0.05, 0.1) is 25.3 Å². The van der Waals surface area contributed by atoms with Gasteiger partial charge in [0.15, 0.2) is 11.5 Å². The molecule has 7 nitrogen and oxygen atoms in total. The van der Waals surface area contributed by atoms with Gasteiger partial charge in [0.1, 0.15) is 6.33 Å². The molecule has 1 N–H and O–H groups in total. The molecule has 1 fully saturated rings. The minimum absolute atomic E-state index is 0.222. The molecule has 1 heterocycles. The Bertz CT molecular complexity index is 1010. The monoisotopic (exact) mass is 391 g/mol. The first-order chi connectivity index (χ1) is 14.1. The van der Waals surface area contributed by atoms with Gasteiger partial charge in [0.25, 0.3) is 0 Å². The number of ether oxygens (including phenoxy) is 2. The van der Waals surface area contributed by atoms with Crippen molar-refractivity contribution in [3.05, 3.63) is 72.3 Å². The molecule has 1 aliphatic rings. The van der Waals surface area contributed by atoms with Crippen LogP contribution in [0.5, 0.6) is 11.5 Å². The van der Waals surface area contributed by atoms with Crippen molar-refractivity contribution in [3.63, 3.8) is 0 Å². The summed E-state index contributed by atoms with van der Waals surface area (Å²) in [5.41, 5.74) is 2.72. The van der Waals surface area contributed by atoms with E-state index in [1.807, 2.05) is 29.2 Å². The maximum Gasteiger partial charge on any atom is 0.335 e. The van der Waals surface area contributed by atoms with Crippen LogP contribution in [0, 0.1) is 0 Å². The number of hydrogen-bond donors (Lipinski definition) is 1. The van der Waals surface area contributed by atoms with E-state index in [-0.39, 0.29) is 11.7 Å². The predicted octanol–water partition coefficient (Wildman–Crippen LogP) is 4.06. The van der Waals surface area contributed by atoms with E-state index < -0.39 is 5.97 Å². The van der Waals surface area contributed by atoms with Gasteiger partial charge in [-0.1, -0.05) is 6.07 Å². The van der Waals surface area contributed by atoms with Crippen molar-refractivity contribution in [2.75, 3.05) is 12.0 Å². The quantitative estimate of drug-likeness (QED) is 0.620. The lowest BCUT2D eigenvalue weighted by Gasteiger charge is -2.26. The van der Waals surface area contributed by atoms with Gasteiger partial charge in [-0.3, -0.25) is 0 Å². The lowest BCUT2D eigenvalue weighted by molar-refractivity contribution is 0.0697. The summed E-state index contributed by atoms with van der Waals surface area (Å²) in [5, 5.41) is 9.39.